The molecule has 1 saturated carbocycles. The van der Waals surface area contributed by atoms with E-state index in [9.17, 15) is 13.2 Å². The van der Waals surface area contributed by atoms with Crippen LogP contribution in [-0.2, 0) is 0 Å². The Balaban J connectivity index is 1.97. The smallest absolute Gasteiger partial charge is 0.381 e. The molecule has 112 valence electrons. The number of nitrogens with one attached hydrogen (secondary N) is 1. The van der Waals surface area contributed by atoms with Crippen molar-refractivity contribution >= 4 is 17.4 Å². The average Bonchev–Trinajstić information content (AvgIpc) is 2.39. The van der Waals surface area contributed by atoms with Crippen molar-refractivity contribution in [2.75, 3.05) is 11.1 Å². The van der Waals surface area contributed by atoms with E-state index in [1.807, 2.05) is 12.1 Å². The summed E-state index contributed by atoms with van der Waals surface area (Å²) >= 11 is 0.831. The Morgan fingerprint density at radius 3 is 2.45 bits per heavy atom. The summed E-state index contributed by atoms with van der Waals surface area (Å²) in [5.41, 5.74) is 6.65. The summed E-state index contributed by atoms with van der Waals surface area (Å²) in [6.07, 6.45) is -0.265. The highest BCUT2D eigenvalue weighted by molar-refractivity contribution is 7.99. The molecule has 1 fully saturated rings. The minimum absolute atomic E-state index is 0.267. The van der Waals surface area contributed by atoms with E-state index >= 15 is 0 Å². The van der Waals surface area contributed by atoms with Crippen LogP contribution in [0.4, 0.5) is 18.9 Å². The van der Waals surface area contributed by atoms with Crippen molar-refractivity contribution in [3.8, 4) is 0 Å². The van der Waals surface area contributed by atoms with E-state index in [-0.39, 0.29) is 6.04 Å². The summed E-state index contributed by atoms with van der Waals surface area (Å²) in [4.78, 5) is 0.652. The van der Waals surface area contributed by atoms with Gasteiger partial charge in [-0.1, -0.05) is 12.1 Å². The van der Waals surface area contributed by atoms with Gasteiger partial charge in [0.15, 0.2) is 0 Å². The molecular formula is C14H19F3N2S. The first-order valence-electron chi connectivity index (χ1n) is 6.75. The fourth-order valence-corrected chi connectivity index (χ4v) is 3.13. The maximum Gasteiger partial charge on any atom is 0.398 e. The molecule has 1 aliphatic rings. The first-order chi connectivity index (χ1) is 9.44. The quantitative estimate of drug-likeness (QED) is 0.825. The molecule has 2 rings (SSSR count). The first kappa shape index (κ1) is 15.5. The van der Waals surface area contributed by atoms with Crippen molar-refractivity contribution in [1.29, 1.82) is 0 Å². The SMILES string of the molecule is NC1CCC(Nc2ccccc2SCC(F)(F)F)CC1. The van der Waals surface area contributed by atoms with E-state index in [0.717, 1.165) is 43.1 Å². The third-order valence-corrected chi connectivity index (χ3v) is 4.55. The number of alkyl halides is 3. The van der Waals surface area contributed by atoms with Gasteiger partial charge in [0.25, 0.3) is 0 Å². The lowest BCUT2D eigenvalue weighted by Gasteiger charge is -2.28. The molecule has 0 amide bonds. The molecule has 0 aliphatic heterocycles. The maximum atomic E-state index is 12.3. The molecular weight excluding hydrogens is 285 g/mol. The van der Waals surface area contributed by atoms with Crippen molar-refractivity contribution in [3.05, 3.63) is 24.3 Å². The van der Waals surface area contributed by atoms with Crippen LogP contribution in [0, 0.1) is 0 Å². The number of hydrogen-bond acceptors (Lipinski definition) is 3. The van der Waals surface area contributed by atoms with E-state index in [0.29, 0.717) is 10.9 Å². The molecule has 0 radical (unpaired) electrons. The molecule has 3 N–H and O–H groups in total. The van der Waals surface area contributed by atoms with E-state index in [1.54, 1.807) is 12.1 Å². The standard InChI is InChI=1S/C14H19F3N2S/c15-14(16,17)9-20-13-4-2-1-3-12(13)19-11-7-5-10(18)6-8-11/h1-4,10-11,19H,5-9,18H2. The molecule has 1 aromatic carbocycles. The molecule has 20 heavy (non-hydrogen) atoms. The molecule has 1 aromatic rings. The van der Waals surface area contributed by atoms with E-state index < -0.39 is 11.9 Å². The average molecular weight is 304 g/mol. The van der Waals surface area contributed by atoms with Gasteiger partial charge in [0.1, 0.15) is 0 Å². The molecule has 0 atom stereocenters. The van der Waals surface area contributed by atoms with Gasteiger partial charge in [0, 0.05) is 22.7 Å². The molecule has 0 aromatic heterocycles. The summed E-state index contributed by atoms with van der Waals surface area (Å²) < 4.78 is 37.0. The fraction of sp³-hybridized carbons (Fsp3) is 0.571. The van der Waals surface area contributed by atoms with Crippen LogP contribution in [0.5, 0.6) is 0 Å². The number of anilines is 1. The Bertz CT molecular complexity index is 429. The Labute approximate surface area is 121 Å². The fourth-order valence-electron chi connectivity index (χ4n) is 2.35. The van der Waals surface area contributed by atoms with Crippen LogP contribution < -0.4 is 11.1 Å². The predicted octanol–water partition coefficient (Wildman–Crippen LogP) is 4.02. The van der Waals surface area contributed by atoms with Crippen LogP contribution in [-0.4, -0.2) is 24.0 Å². The molecule has 2 nitrogen and oxygen atoms in total. The zero-order chi connectivity index (χ0) is 14.6. The molecule has 0 unspecified atom stereocenters. The highest BCUT2D eigenvalue weighted by Gasteiger charge is 2.28. The van der Waals surface area contributed by atoms with Crippen LogP contribution >= 0.6 is 11.8 Å². The topological polar surface area (TPSA) is 38.0 Å². The van der Waals surface area contributed by atoms with Crippen molar-refractivity contribution in [3.63, 3.8) is 0 Å². The van der Waals surface area contributed by atoms with Crippen LogP contribution in [0.25, 0.3) is 0 Å². The lowest BCUT2D eigenvalue weighted by molar-refractivity contribution is -0.105. The Kier molecular flexibility index (Phi) is 5.21. The van der Waals surface area contributed by atoms with Crippen molar-refractivity contribution < 1.29 is 13.2 Å². The number of para-hydroxylation sites is 1. The highest BCUT2D eigenvalue weighted by Crippen LogP contribution is 2.33. The van der Waals surface area contributed by atoms with Crippen molar-refractivity contribution in [2.24, 2.45) is 5.73 Å². The Morgan fingerprint density at radius 1 is 1.15 bits per heavy atom. The minimum Gasteiger partial charge on any atom is -0.381 e. The monoisotopic (exact) mass is 304 g/mol. The summed E-state index contributed by atoms with van der Waals surface area (Å²) in [5, 5.41) is 3.36. The zero-order valence-corrected chi connectivity index (χ0v) is 11.9. The van der Waals surface area contributed by atoms with Crippen LogP contribution in [0.3, 0.4) is 0 Å². The second-order valence-electron chi connectivity index (χ2n) is 5.16. The predicted molar refractivity (Wildman–Crippen MR) is 77.1 cm³/mol. The number of halogens is 3. The van der Waals surface area contributed by atoms with Crippen molar-refractivity contribution in [1.82, 2.24) is 0 Å². The number of hydrogen-bond donors (Lipinski definition) is 2. The van der Waals surface area contributed by atoms with Gasteiger partial charge in [0.2, 0.25) is 0 Å². The van der Waals surface area contributed by atoms with E-state index in [4.69, 9.17) is 5.73 Å². The molecule has 1 aliphatic carbocycles. The summed E-state index contributed by atoms with van der Waals surface area (Å²) in [6.45, 7) is 0. The van der Waals surface area contributed by atoms with Crippen LogP contribution in [0.15, 0.2) is 29.2 Å². The molecule has 0 spiro atoms. The second kappa shape index (κ2) is 6.72. The third-order valence-electron chi connectivity index (χ3n) is 3.41. The van der Waals surface area contributed by atoms with Crippen molar-refractivity contribution in [2.45, 2.75) is 48.8 Å². The lowest BCUT2D eigenvalue weighted by atomic mass is 9.92. The lowest BCUT2D eigenvalue weighted by Crippen LogP contribution is -2.32. The number of rotatable bonds is 4. The van der Waals surface area contributed by atoms with Gasteiger partial charge in [-0.2, -0.15) is 13.2 Å². The van der Waals surface area contributed by atoms with Gasteiger partial charge in [-0.25, -0.2) is 0 Å². The molecule has 0 heterocycles. The number of benzene rings is 1. The first-order valence-corrected chi connectivity index (χ1v) is 7.73. The Hall–Kier alpha value is -0.880. The van der Waals surface area contributed by atoms with Gasteiger partial charge in [-0.15, -0.1) is 11.8 Å². The second-order valence-corrected chi connectivity index (χ2v) is 6.17. The molecule has 0 saturated heterocycles. The minimum atomic E-state index is -4.14. The summed E-state index contributed by atoms with van der Waals surface area (Å²) in [6, 6.07) is 7.75. The van der Waals surface area contributed by atoms with Gasteiger partial charge in [-0.05, 0) is 37.8 Å². The van der Waals surface area contributed by atoms with Gasteiger partial charge < -0.3 is 11.1 Å². The van der Waals surface area contributed by atoms with Gasteiger partial charge in [-0.3, -0.25) is 0 Å². The highest BCUT2D eigenvalue weighted by atomic mass is 32.2. The summed E-state index contributed by atoms with van der Waals surface area (Å²) in [7, 11) is 0. The third kappa shape index (κ3) is 4.90. The Morgan fingerprint density at radius 2 is 1.80 bits per heavy atom. The zero-order valence-electron chi connectivity index (χ0n) is 11.1. The van der Waals surface area contributed by atoms with E-state index in [2.05, 4.69) is 5.32 Å². The number of thioether (sulfide) groups is 1. The van der Waals surface area contributed by atoms with E-state index in [1.165, 1.54) is 0 Å². The maximum absolute atomic E-state index is 12.3. The molecule has 6 heteroatoms. The normalized spacial score (nSPS) is 23.6. The van der Waals surface area contributed by atoms with Crippen LogP contribution in [0.2, 0.25) is 0 Å². The summed E-state index contributed by atoms with van der Waals surface area (Å²) in [5.74, 6) is -0.860. The van der Waals surface area contributed by atoms with Gasteiger partial charge >= 0.3 is 6.18 Å². The van der Waals surface area contributed by atoms with Crippen LogP contribution in [0.1, 0.15) is 25.7 Å². The molecule has 0 bridgehead atoms. The number of nitrogens with two attached hydrogens (primary N) is 1. The largest absolute Gasteiger partial charge is 0.398 e. The van der Waals surface area contributed by atoms with Gasteiger partial charge in [0.05, 0.1) is 5.75 Å².